The summed E-state index contributed by atoms with van der Waals surface area (Å²) >= 11 is 0. The van der Waals surface area contributed by atoms with Crippen LogP contribution in [0.1, 0.15) is 32.8 Å². The van der Waals surface area contributed by atoms with E-state index in [2.05, 4.69) is 5.32 Å². The molecule has 148 valence electrons. The minimum absolute atomic E-state index is 0.192. The zero-order valence-electron chi connectivity index (χ0n) is 16.0. The Balaban J connectivity index is 2.41. The van der Waals surface area contributed by atoms with Gasteiger partial charge in [0.25, 0.3) is 0 Å². The molecule has 7 nitrogen and oxygen atoms in total. The number of amides is 1. The Bertz CT molecular complexity index is 510. The third-order valence-corrected chi connectivity index (χ3v) is 6.93. The van der Waals surface area contributed by atoms with Gasteiger partial charge in [0.2, 0.25) is 5.91 Å². The SMILES string of the molecule is CCO[Si](CCCNC(=O)[C@@H](N)Cc1ccc(O)cc1)(OCC)OCC. The molecule has 8 heteroatoms. The molecular formula is C18H32N2O5Si. The highest BCUT2D eigenvalue weighted by atomic mass is 28.4. The molecule has 0 unspecified atom stereocenters. The average Bonchev–Trinajstić information content (AvgIpc) is 2.61. The average molecular weight is 385 g/mol. The van der Waals surface area contributed by atoms with Gasteiger partial charge in [-0.1, -0.05) is 12.1 Å². The van der Waals surface area contributed by atoms with Crippen molar-refractivity contribution in [3.05, 3.63) is 29.8 Å². The van der Waals surface area contributed by atoms with E-state index in [9.17, 15) is 9.90 Å². The first-order valence-corrected chi connectivity index (χ1v) is 11.1. The molecule has 0 radical (unpaired) electrons. The van der Waals surface area contributed by atoms with E-state index in [0.29, 0.717) is 45.3 Å². The molecule has 0 heterocycles. The summed E-state index contributed by atoms with van der Waals surface area (Å²) in [4.78, 5) is 12.1. The standard InChI is InChI=1S/C18H32N2O5Si/c1-4-23-26(24-5-2,25-6-3)13-7-12-20-18(22)17(19)14-15-8-10-16(21)11-9-15/h8-11,17,21H,4-7,12-14,19H2,1-3H3,(H,20,22)/t17-/m0/s1. The molecule has 0 aliphatic carbocycles. The molecular weight excluding hydrogens is 352 g/mol. The Morgan fingerprint density at radius 1 is 1.12 bits per heavy atom. The van der Waals surface area contributed by atoms with Crippen LogP contribution < -0.4 is 11.1 Å². The molecule has 0 saturated heterocycles. The van der Waals surface area contributed by atoms with E-state index in [0.717, 1.165) is 5.56 Å². The summed E-state index contributed by atoms with van der Waals surface area (Å²) in [5.74, 6) is -0.00751. The fraction of sp³-hybridized carbons (Fsp3) is 0.611. The zero-order valence-corrected chi connectivity index (χ0v) is 17.0. The highest BCUT2D eigenvalue weighted by molar-refractivity contribution is 6.60. The molecule has 1 aromatic rings. The van der Waals surface area contributed by atoms with Crippen molar-refractivity contribution in [2.24, 2.45) is 5.73 Å². The minimum Gasteiger partial charge on any atom is -0.508 e. The molecule has 1 rings (SSSR count). The molecule has 1 atom stereocenters. The number of carbonyl (C=O) groups is 1. The Morgan fingerprint density at radius 3 is 2.15 bits per heavy atom. The molecule has 4 N–H and O–H groups in total. The van der Waals surface area contributed by atoms with Crippen LogP contribution in [0.2, 0.25) is 6.04 Å². The number of phenols is 1. The van der Waals surface area contributed by atoms with E-state index in [1.165, 1.54) is 0 Å². The number of carbonyl (C=O) groups excluding carboxylic acids is 1. The van der Waals surface area contributed by atoms with Gasteiger partial charge in [-0.2, -0.15) is 0 Å². The molecule has 0 aliphatic heterocycles. The van der Waals surface area contributed by atoms with Gasteiger partial charge in [-0.25, -0.2) is 0 Å². The summed E-state index contributed by atoms with van der Waals surface area (Å²) in [6.07, 6.45) is 1.12. The van der Waals surface area contributed by atoms with Gasteiger partial charge < -0.3 is 29.4 Å². The number of phenolic OH excluding ortho intramolecular Hbond substituents is 1. The molecule has 1 aromatic carbocycles. The summed E-state index contributed by atoms with van der Waals surface area (Å²) in [7, 11) is -2.67. The van der Waals surface area contributed by atoms with Crippen molar-refractivity contribution in [3.63, 3.8) is 0 Å². The van der Waals surface area contributed by atoms with Crippen LogP contribution in [-0.2, 0) is 24.5 Å². The molecule has 0 aromatic heterocycles. The Labute approximate surface area is 157 Å². The van der Waals surface area contributed by atoms with Gasteiger partial charge in [-0.05, 0) is 51.3 Å². The van der Waals surface area contributed by atoms with Crippen LogP contribution >= 0.6 is 0 Å². The Kier molecular flexibility index (Phi) is 10.4. The number of benzene rings is 1. The predicted octanol–water partition coefficient (Wildman–Crippen LogP) is 1.82. The smallest absolute Gasteiger partial charge is 0.500 e. The van der Waals surface area contributed by atoms with Crippen molar-refractivity contribution < 1.29 is 23.2 Å². The van der Waals surface area contributed by atoms with E-state index in [4.69, 9.17) is 19.0 Å². The largest absolute Gasteiger partial charge is 0.508 e. The number of nitrogens with one attached hydrogen (secondary N) is 1. The summed E-state index contributed by atoms with van der Waals surface area (Å²) in [5, 5.41) is 12.1. The molecule has 1 amide bonds. The summed E-state index contributed by atoms with van der Waals surface area (Å²) in [6.45, 7) is 7.87. The molecule has 0 fully saturated rings. The monoisotopic (exact) mass is 384 g/mol. The first-order chi connectivity index (χ1) is 12.5. The van der Waals surface area contributed by atoms with Crippen molar-refractivity contribution in [2.45, 2.75) is 45.7 Å². The Hall–Kier alpha value is -1.45. The molecule has 0 bridgehead atoms. The topological polar surface area (TPSA) is 103 Å². The second-order valence-corrected chi connectivity index (χ2v) is 8.59. The van der Waals surface area contributed by atoms with Gasteiger partial charge in [-0.3, -0.25) is 4.79 Å². The summed E-state index contributed by atoms with van der Waals surface area (Å²) in [6, 6.07) is 6.70. The predicted molar refractivity (Wildman–Crippen MR) is 103 cm³/mol. The lowest BCUT2D eigenvalue weighted by molar-refractivity contribution is -0.122. The molecule has 0 aliphatic rings. The number of hydrogen-bond donors (Lipinski definition) is 3. The van der Waals surface area contributed by atoms with E-state index in [-0.39, 0.29) is 11.7 Å². The summed E-state index contributed by atoms with van der Waals surface area (Å²) in [5.41, 5.74) is 6.86. The zero-order chi connectivity index (χ0) is 19.4. The fourth-order valence-corrected chi connectivity index (χ4v) is 5.24. The van der Waals surface area contributed by atoms with Gasteiger partial charge in [0, 0.05) is 32.4 Å². The number of rotatable bonds is 13. The van der Waals surface area contributed by atoms with Crippen LogP contribution in [0.15, 0.2) is 24.3 Å². The van der Waals surface area contributed by atoms with Gasteiger partial charge in [-0.15, -0.1) is 0 Å². The first kappa shape index (κ1) is 22.6. The van der Waals surface area contributed by atoms with Crippen LogP contribution in [0.3, 0.4) is 0 Å². The third kappa shape index (κ3) is 7.84. The lowest BCUT2D eigenvalue weighted by Crippen LogP contribution is -2.47. The van der Waals surface area contributed by atoms with Crippen molar-refractivity contribution in [3.8, 4) is 5.75 Å². The third-order valence-electron chi connectivity index (χ3n) is 3.78. The van der Waals surface area contributed by atoms with Crippen molar-refractivity contribution in [1.82, 2.24) is 5.32 Å². The second kappa shape index (κ2) is 12.0. The van der Waals surface area contributed by atoms with E-state index in [1.807, 2.05) is 20.8 Å². The quantitative estimate of drug-likeness (QED) is 0.354. The Morgan fingerprint density at radius 2 is 1.65 bits per heavy atom. The molecule has 26 heavy (non-hydrogen) atoms. The van der Waals surface area contributed by atoms with Gasteiger partial charge in [0.05, 0.1) is 6.04 Å². The van der Waals surface area contributed by atoms with Gasteiger partial charge >= 0.3 is 8.80 Å². The molecule has 0 spiro atoms. The highest BCUT2D eigenvalue weighted by Gasteiger charge is 2.39. The summed E-state index contributed by atoms with van der Waals surface area (Å²) < 4.78 is 17.4. The van der Waals surface area contributed by atoms with Crippen molar-refractivity contribution in [2.75, 3.05) is 26.4 Å². The van der Waals surface area contributed by atoms with Crippen molar-refractivity contribution in [1.29, 1.82) is 0 Å². The van der Waals surface area contributed by atoms with Crippen LogP contribution in [0.4, 0.5) is 0 Å². The second-order valence-electron chi connectivity index (χ2n) is 5.85. The minimum atomic E-state index is -2.67. The number of nitrogens with two attached hydrogens (primary N) is 1. The van der Waals surface area contributed by atoms with Gasteiger partial charge in [0.1, 0.15) is 5.75 Å². The van der Waals surface area contributed by atoms with E-state index in [1.54, 1.807) is 24.3 Å². The first-order valence-electron chi connectivity index (χ1n) is 9.19. The van der Waals surface area contributed by atoms with Gasteiger partial charge in [0.15, 0.2) is 0 Å². The maximum atomic E-state index is 12.1. The number of aromatic hydroxyl groups is 1. The van der Waals surface area contributed by atoms with Crippen LogP contribution in [-0.4, -0.2) is 52.2 Å². The maximum absolute atomic E-state index is 12.1. The maximum Gasteiger partial charge on any atom is 0.500 e. The van der Waals surface area contributed by atoms with E-state index < -0.39 is 14.8 Å². The van der Waals surface area contributed by atoms with Crippen LogP contribution in [0.25, 0.3) is 0 Å². The van der Waals surface area contributed by atoms with Crippen LogP contribution in [0.5, 0.6) is 5.75 Å². The lowest BCUT2D eigenvalue weighted by atomic mass is 10.1. The van der Waals surface area contributed by atoms with E-state index >= 15 is 0 Å². The number of hydrogen-bond acceptors (Lipinski definition) is 6. The normalized spacial score (nSPS) is 12.8. The van der Waals surface area contributed by atoms with Crippen molar-refractivity contribution >= 4 is 14.7 Å². The highest BCUT2D eigenvalue weighted by Crippen LogP contribution is 2.18. The fourth-order valence-electron chi connectivity index (χ4n) is 2.63. The van der Waals surface area contributed by atoms with Crippen LogP contribution in [0, 0.1) is 0 Å². The lowest BCUT2D eigenvalue weighted by Gasteiger charge is -2.28. The molecule has 0 saturated carbocycles.